The van der Waals surface area contributed by atoms with Crippen LogP contribution in [0.25, 0.3) is 5.69 Å². The Hall–Kier alpha value is -2.53. The maximum atomic E-state index is 4.32. The van der Waals surface area contributed by atoms with Crippen molar-refractivity contribution in [2.75, 3.05) is 0 Å². The number of hydrogen-bond donors (Lipinski definition) is 1. The minimum absolute atomic E-state index is 0.716. The Morgan fingerprint density at radius 3 is 2.57 bits per heavy atom. The summed E-state index contributed by atoms with van der Waals surface area (Å²) in [6, 6.07) is 10.2. The van der Waals surface area contributed by atoms with E-state index in [1.54, 1.807) is 12.4 Å². The number of nitrogens with zero attached hydrogens (tertiary/aromatic N) is 4. The van der Waals surface area contributed by atoms with Crippen LogP contribution >= 0.6 is 0 Å². The average Bonchev–Trinajstić information content (AvgIpc) is 3.04. The molecular weight excluding hydrogens is 262 g/mol. The molecule has 0 fully saturated rings. The summed E-state index contributed by atoms with van der Waals surface area (Å²) in [5, 5.41) is 7.58. The Bertz CT molecular complexity index is 672. The first-order valence-corrected chi connectivity index (χ1v) is 6.88. The molecule has 3 aromatic rings. The first-order valence-electron chi connectivity index (χ1n) is 6.88. The summed E-state index contributed by atoms with van der Waals surface area (Å²) in [5.74, 6) is 0. The summed E-state index contributed by atoms with van der Waals surface area (Å²) in [6.07, 6.45) is 7.31. The molecule has 0 radical (unpaired) electrons. The second-order valence-corrected chi connectivity index (χ2v) is 4.87. The molecule has 21 heavy (non-hydrogen) atoms. The molecule has 0 spiro atoms. The van der Waals surface area contributed by atoms with Crippen molar-refractivity contribution < 1.29 is 0 Å². The van der Waals surface area contributed by atoms with Crippen LogP contribution in [0.3, 0.4) is 0 Å². The van der Waals surface area contributed by atoms with Gasteiger partial charge in [0.15, 0.2) is 0 Å². The van der Waals surface area contributed by atoms with Crippen LogP contribution in [0, 0.1) is 6.92 Å². The van der Waals surface area contributed by atoms with E-state index in [-0.39, 0.29) is 0 Å². The van der Waals surface area contributed by atoms with Gasteiger partial charge in [0.1, 0.15) is 0 Å². The lowest BCUT2D eigenvalue weighted by Crippen LogP contribution is -2.14. The van der Waals surface area contributed by atoms with Crippen LogP contribution in [-0.4, -0.2) is 19.7 Å². The van der Waals surface area contributed by atoms with Gasteiger partial charge in [-0.1, -0.05) is 12.1 Å². The Morgan fingerprint density at radius 1 is 1.05 bits per heavy atom. The molecule has 5 nitrogen and oxygen atoms in total. The fourth-order valence-electron chi connectivity index (χ4n) is 2.03. The zero-order valence-electron chi connectivity index (χ0n) is 11.9. The van der Waals surface area contributed by atoms with Gasteiger partial charge in [-0.2, -0.15) is 5.10 Å². The zero-order valence-corrected chi connectivity index (χ0v) is 11.9. The highest BCUT2D eigenvalue weighted by molar-refractivity contribution is 5.33. The molecule has 0 bridgehead atoms. The van der Waals surface area contributed by atoms with E-state index in [4.69, 9.17) is 0 Å². The van der Waals surface area contributed by atoms with Crippen molar-refractivity contribution in [1.29, 1.82) is 0 Å². The fourth-order valence-corrected chi connectivity index (χ4v) is 2.03. The van der Waals surface area contributed by atoms with Crippen LogP contribution in [0.2, 0.25) is 0 Å². The molecule has 1 aromatic carbocycles. The van der Waals surface area contributed by atoms with E-state index in [2.05, 4.69) is 44.6 Å². The van der Waals surface area contributed by atoms with Crippen LogP contribution in [-0.2, 0) is 13.1 Å². The Kier molecular flexibility index (Phi) is 4.02. The monoisotopic (exact) mass is 279 g/mol. The number of aryl methyl sites for hydroxylation is 1. The van der Waals surface area contributed by atoms with E-state index >= 15 is 0 Å². The first-order chi connectivity index (χ1) is 10.3. The van der Waals surface area contributed by atoms with Crippen molar-refractivity contribution in [3.05, 3.63) is 72.1 Å². The molecule has 106 valence electrons. The first kappa shape index (κ1) is 13.5. The quantitative estimate of drug-likeness (QED) is 0.778. The normalized spacial score (nSPS) is 10.7. The summed E-state index contributed by atoms with van der Waals surface area (Å²) in [6.45, 7) is 3.45. The van der Waals surface area contributed by atoms with E-state index < -0.39 is 0 Å². The summed E-state index contributed by atoms with van der Waals surface area (Å²) in [7, 11) is 0. The molecule has 1 N–H and O–H groups in total. The zero-order chi connectivity index (χ0) is 14.5. The average molecular weight is 279 g/mol. The minimum atomic E-state index is 0.716. The highest BCUT2D eigenvalue weighted by Gasteiger charge is 1.98. The molecule has 2 heterocycles. The number of benzene rings is 1. The van der Waals surface area contributed by atoms with Crippen LogP contribution in [0.4, 0.5) is 0 Å². The Balaban J connectivity index is 1.55. The lowest BCUT2D eigenvalue weighted by molar-refractivity contribution is 0.675. The Labute approximate surface area is 123 Å². The molecule has 0 aliphatic heterocycles. The lowest BCUT2D eigenvalue weighted by Gasteiger charge is -2.06. The number of aromatic nitrogens is 4. The fraction of sp³-hybridized carbons (Fsp3) is 0.188. The van der Waals surface area contributed by atoms with Gasteiger partial charge >= 0.3 is 0 Å². The predicted octanol–water partition coefficient (Wildman–Crippen LogP) is 2.26. The van der Waals surface area contributed by atoms with Crippen molar-refractivity contribution in [2.45, 2.75) is 20.0 Å². The van der Waals surface area contributed by atoms with Gasteiger partial charge in [-0.25, -0.2) is 4.68 Å². The highest BCUT2D eigenvalue weighted by atomic mass is 15.3. The largest absolute Gasteiger partial charge is 0.307 e. The molecule has 0 unspecified atom stereocenters. The summed E-state index contributed by atoms with van der Waals surface area (Å²) in [5.41, 5.74) is 4.18. The van der Waals surface area contributed by atoms with E-state index in [0.717, 1.165) is 23.6 Å². The highest BCUT2D eigenvalue weighted by Crippen LogP contribution is 2.08. The lowest BCUT2D eigenvalue weighted by atomic mass is 10.2. The maximum Gasteiger partial charge on any atom is 0.0724 e. The maximum absolute atomic E-state index is 4.32. The van der Waals surface area contributed by atoms with Crippen molar-refractivity contribution in [1.82, 2.24) is 25.1 Å². The third kappa shape index (κ3) is 3.52. The Morgan fingerprint density at radius 2 is 1.90 bits per heavy atom. The molecular formula is C16H17N5. The third-order valence-electron chi connectivity index (χ3n) is 3.17. The second kappa shape index (κ2) is 6.28. The molecule has 0 atom stereocenters. The van der Waals surface area contributed by atoms with E-state index in [1.165, 1.54) is 5.56 Å². The number of rotatable bonds is 5. The topological polar surface area (TPSA) is 55.6 Å². The van der Waals surface area contributed by atoms with Crippen LogP contribution in [0.15, 0.2) is 55.1 Å². The smallest absolute Gasteiger partial charge is 0.0724 e. The van der Waals surface area contributed by atoms with Gasteiger partial charge in [-0.15, -0.1) is 0 Å². The van der Waals surface area contributed by atoms with Gasteiger partial charge in [0.05, 0.1) is 17.1 Å². The van der Waals surface area contributed by atoms with Gasteiger partial charge in [-0.3, -0.25) is 9.97 Å². The number of nitrogens with one attached hydrogen (secondary N) is 1. The van der Waals surface area contributed by atoms with Crippen LogP contribution in [0.5, 0.6) is 0 Å². The van der Waals surface area contributed by atoms with Crippen molar-refractivity contribution in [3.63, 3.8) is 0 Å². The van der Waals surface area contributed by atoms with Gasteiger partial charge in [-0.05, 0) is 30.7 Å². The van der Waals surface area contributed by atoms with Crippen molar-refractivity contribution >= 4 is 0 Å². The van der Waals surface area contributed by atoms with Crippen molar-refractivity contribution in [2.24, 2.45) is 0 Å². The van der Waals surface area contributed by atoms with E-state index in [9.17, 15) is 0 Å². The molecule has 0 amide bonds. The second-order valence-electron chi connectivity index (χ2n) is 4.87. The molecule has 2 aromatic heterocycles. The molecule has 5 heteroatoms. The summed E-state index contributed by atoms with van der Waals surface area (Å²) in [4.78, 5) is 8.55. The molecule has 3 rings (SSSR count). The standard InChI is InChI=1S/C16H17N5/c1-13-9-19-15(12-18-13)11-17-10-14-3-5-16(6-4-14)21-8-2-7-20-21/h2-9,12,17H,10-11H2,1H3. The van der Waals surface area contributed by atoms with Crippen molar-refractivity contribution in [3.8, 4) is 5.69 Å². The molecule has 0 saturated heterocycles. The SMILES string of the molecule is Cc1cnc(CNCc2ccc(-n3cccn3)cc2)cn1. The summed E-state index contributed by atoms with van der Waals surface area (Å²) >= 11 is 0. The molecule has 0 saturated carbocycles. The van der Waals surface area contributed by atoms with E-state index in [1.807, 2.05) is 30.1 Å². The third-order valence-corrected chi connectivity index (χ3v) is 3.17. The van der Waals surface area contributed by atoms with E-state index in [0.29, 0.717) is 6.54 Å². The minimum Gasteiger partial charge on any atom is -0.307 e. The van der Waals surface area contributed by atoms with Gasteiger partial charge in [0.2, 0.25) is 0 Å². The predicted molar refractivity (Wildman–Crippen MR) is 80.9 cm³/mol. The summed E-state index contributed by atoms with van der Waals surface area (Å²) < 4.78 is 1.85. The van der Waals surface area contributed by atoms with Crippen LogP contribution < -0.4 is 5.32 Å². The molecule has 0 aliphatic rings. The van der Waals surface area contributed by atoms with Gasteiger partial charge in [0, 0.05) is 37.9 Å². The molecule has 0 aliphatic carbocycles. The number of hydrogen-bond acceptors (Lipinski definition) is 4. The van der Waals surface area contributed by atoms with Gasteiger partial charge < -0.3 is 5.32 Å². The van der Waals surface area contributed by atoms with Gasteiger partial charge in [0.25, 0.3) is 0 Å². The van der Waals surface area contributed by atoms with Crippen LogP contribution in [0.1, 0.15) is 17.0 Å².